The molecule has 0 unspecified atom stereocenters. The van der Waals surface area contributed by atoms with E-state index in [0.29, 0.717) is 11.5 Å². The summed E-state index contributed by atoms with van der Waals surface area (Å²) in [4.78, 5) is 16.4. The predicted molar refractivity (Wildman–Crippen MR) is 83.8 cm³/mol. The Morgan fingerprint density at radius 1 is 1.45 bits per heavy atom. The first kappa shape index (κ1) is 14.9. The van der Waals surface area contributed by atoms with Crippen molar-refractivity contribution in [3.63, 3.8) is 0 Å². The van der Waals surface area contributed by atoms with E-state index in [1.54, 1.807) is 6.20 Å². The third kappa shape index (κ3) is 3.15. The lowest BCUT2D eigenvalue weighted by atomic mass is 9.93. The summed E-state index contributed by atoms with van der Waals surface area (Å²) in [7, 11) is 0. The van der Waals surface area contributed by atoms with Crippen LogP contribution in [0.4, 0.5) is 5.82 Å². The molecule has 0 bridgehead atoms. The lowest BCUT2D eigenvalue weighted by molar-refractivity contribution is 0.565. The Morgan fingerprint density at radius 3 is 2.85 bits per heavy atom. The third-order valence-corrected chi connectivity index (χ3v) is 3.68. The quantitative estimate of drug-likeness (QED) is 0.824. The van der Waals surface area contributed by atoms with Gasteiger partial charge in [0.25, 0.3) is 0 Å². The molecule has 0 amide bonds. The zero-order valence-electron chi connectivity index (χ0n) is 12.4. The van der Waals surface area contributed by atoms with Gasteiger partial charge in [-0.25, -0.2) is 19.3 Å². The van der Waals surface area contributed by atoms with Crippen LogP contribution in [0.2, 0.25) is 0 Å². The second kappa shape index (κ2) is 5.87. The van der Waals surface area contributed by atoms with Crippen molar-refractivity contribution >= 4 is 23.2 Å². The smallest absolute Gasteiger partial charge is 0.347 e. The number of aromatic nitrogens is 4. The van der Waals surface area contributed by atoms with E-state index < -0.39 is 0 Å². The van der Waals surface area contributed by atoms with Gasteiger partial charge in [-0.1, -0.05) is 20.8 Å². The summed E-state index contributed by atoms with van der Waals surface area (Å²) < 4.78 is 1.52. The predicted octanol–water partition coefficient (Wildman–Crippen LogP) is 1.88. The van der Waals surface area contributed by atoms with Crippen LogP contribution in [0.3, 0.4) is 0 Å². The minimum Gasteiger partial charge on any atom is -0.367 e. The highest BCUT2D eigenvalue weighted by atomic mass is 32.2. The molecule has 0 spiro atoms. The third-order valence-electron chi connectivity index (χ3n) is 2.99. The zero-order chi connectivity index (χ0) is 14.8. The molecule has 110 valence electrons. The summed E-state index contributed by atoms with van der Waals surface area (Å²) in [5.74, 6) is 1.76. The van der Waals surface area contributed by atoms with Crippen molar-refractivity contribution in [3.05, 3.63) is 22.4 Å². The lowest BCUT2D eigenvalue weighted by Crippen LogP contribution is -2.19. The molecule has 0 fully saturated rings. The van der Waals surface area contributed by atoms with Gasteiger partial charge in [-0.2, -0.15) is 11.8 Å². The molecule has 2 rings (SSSR count). The van der Waals surface area contributed by atoms with Gasteiger partial charge in [0.1, 0.15) is 0 Å². The van der Waals surface area contributed by atoms with Crippen molar-refractivity contribution in [2.45, 2.75) is 32.6 Å². The lowest BCUT2D eigenvalue weighted by Gasteiger charge is -2.19. The molecule has 7 heteroatoms. The fourth-order valence-electron chi connectivity index (χ4n) is 1.82. The van der Waals surface area contributed by atoms with Crippen LogP contribution in [-0.2, 0) is 5.41 Å². The number of hydrogen-bond donors (Lipinski definition) is 2. The molecule has 0 saturated heterocycles. The van der Waals surface area contributed by atoms with Crippen LogP contribution in [0, 0.1) is 0 Å². The van der Waals surface area contributed by atoms with Crippen LogP contribution < -0.4 is 11.0 Å². The van der Waals surface area contributed by atoms with E-state index in [0.717, 1.165) is 24.4 Å². The maximum Gasteiger partial charge on any atom is 0.347 e. The number of thioether (sulfide) groups is 1. The van der Waals surface area contributed by atoms with Gasteiger partial charge >= 0.3 is 5.69 Å². The van der Waals surface area contributed by atoms with Gasteiger partial charge in [0.2, 0.25) is 5.65 Å². The summed E-state index contributed by atoms with van der Waals surface area (Å²) in [5.41, 5.74) is 1.05. The molecule has 0 aliphatic carbocycles. The summed E-state index contributed by atoms with van der Waals surface area (Å²) in [6.45, 7) is 7.04. The van der Waals surface area contributed by atoms with Gasteiger partial charge in [0, 0.05) is 18.2 Å². The second-order valence-corrected chi connectivity index (χ2v) is 6.71. The maximum atomic E-state index is 11.8. The highest BCUT2D eigenvalue weighted by molar-refractivity contribution is 7.98. The number of fused-ring (bicyclic) bond motifs is 1. The molecule has 2 heterocycles. The molecule has 2 aromatic heterocycles. The Hall–Kier alpha value is -1.50. The van der Waals surface area contributed by atoms with Crippen molar-refractivity contribution < 1.29 is 0 Å². The van der Waals surface area contributed by atoms with Gasteiger partial charge in [-0.05, 0) is 18.4 Å². The van der Waals surface area contributed by atoms with Crippen molar-refractivity contribution in [2.24, 2.45) is 0 Å². The van der Waals surface area contributed by atoms with E-state index in [1.807, 2.05) is 11.8 Å². The molecule has 0 aliphatic heterocycles. The summed E-state index contributed by atoms with van der Waals surface area (Å²) in [6.07, 6.45) is 4.89. The molecule has 6 nitrogen and oxygen atoms in total. The molecule has 0 aromatic carbocycles. The number of rotatable bonds is 5. The van der Waals surface area contributed by atoms with E-state index in [2.05, 4.69) is 47.5 Å². The van der Waals surface area contributed by atoms with Crippen molar-refractivity contribution in [1.82, 2.24) is 19.6 Å². The topological polar surface area (TPSA) is 75.1 Å². The van der Waals surface area contributed by atoms with Gasteiger partial charge in [-0.15, -0.1) is 5.10 Å². The van der Waals surface area contributed by atoms with Crippen LogP contribution in [0.1, 0.15) is 32.9 Å². The van der Waals surface area contributed by atoms with E-state index in [1.165, 1.54) is 4.40 Å². The summed E-state index contributed by atoms with van der Waals surface area (Å²) in [6, 6.07) is 0. The molecule has 0 aliphatic rings. The average Bonchev–Trinajstić information content (AvgIpc) is 2.75. The van der Waals surface area contributed by atoms with Crippen LogP contribution in [0.25, 0.3) is 5.65 Å². The Labute approximate surface area is 122 Å². The van der Waals surface area contributed by atoms with Gasteiger partial charge < -0.3 is 5.32 Å². The van der Waals surface area contributed by atoms with Crippen LogP contribution in [0.15, 0.2) is 11.0 Å². The van der Waals surface area contributed by atoms with E-state index >= 15 is 0 Å². The number of hydrogen-bond acceptors (Lipinski definition) is 5. The minimum atomic E-state index is -0.236. The summed E-state index contributed by atoms with van der Waals surface area (Å²) in [5, 5.41) is 9.79. The molecule has 0 saturated carbocycles. The first-order chi connectivity index (χ1) is 9.43. The molecule has 20 heavy (non-hydrogen) atoms. The molecule has 2 aromatic rings. The fraction of sp³-hybridized carbons (Fsp3) is 0.615. The number of H-pyrrole nitrogens is 1. The average molecular weight is 295 g/mol. The van der Waals surface area contributed by atoms with Crippen molar-refractivity contribution in [1.29, 1.82) is 0 Å². The molecule has 0 atom stereocenters. The van der Waals surface area contributed by atoms with Crippen LogP contribution in [-0.4, -0.2) is 38.1 Å². The monoisotopic (exact) mass is 295 g/mol. The molecular weight excluding hydrogens is 274 g/mol. The van der Waals surface area contributed by atoms with Crippen LogP contribution >= 0.6 is 11.8 Å². The van der Waals surface area contributed by atoms with E-state index in [9.17, 15) is 4.79 Å². The Kier molecular flexibility index (Phi) is 4.37. The molecule has 0 radical (unpaired) electrons. The highest BCUT2D eigenvalue weighted by Gasteiger charge is 2.19. The SMILES string of the molecule is CSCCCNc1nc(C(C)(C)C)cn2c(=O)[nH]nc12. The first-order valence-electron chi connectivity index (χ1n) is 6.64. The van der Waals surface area contributed by atoms with E-state index in [4.69, 9.17) is 0 Å². The van der Waals surface area contributed by atoms with Gasteiger partial charge in [0.05, 0.1) is 5.69 Å². The summed E-state index contributed by atoms with van der Waals surface area (Å²) >= 11 is 1.81. The number of nitrogens with zero attached hydrogens (tertiary/aromatic N) is 3. The number of nitrogens with one attached hydrogen (secondary N) is 2. The Bertz CT molecular complexity index is 640. The minimum absolute atomic E-state index is 0.124. The normalized spacial score (nSPS) is 12.0. The second-order valence-electron chi connectivity index (χ2n) is 5.72. The van der Waals surface area contributed by atoms with Crippen LogP contribution in [0.5, 0.6) is 0 Å². The van der Waals surface area contributed by atoms with Crippen molar-refractivity contribution in [3.8, 4) is 0 Å². The molecular formula is C13H21N5OS. The standard InChI is InChI=1S/C13H21N5OS/c1-13(2,3)9-8-18-11(16-17-12(18)19)10(15-9)14-6-5-7-20-4/h8H,5-7H2,1-4H3,(H,14,15)(H,17,19). The number of aromatic amines is 1. The van der Waals surface area contributed by atoms with E-state index in [-0.39, 0.29) is 11.1 Å². The largest absolute Gasteiger partial charge is 0.367 e. The van der Waals surface area contributed by atoms with Crippen molar-refractivity contribution in [2.75, 3.05) is 23.9 Å². The first-order valence-corrected chi connectivity index (χ1v) is 8.04. The highest BCUT2D eigenvalue weighted by Crippen LogP contribution is 2.22. The van der Waals surface area contributed by atoms with Gasteiger partial charge in [-0.3, -0.25) is 0 Å². The fourth-order valence-corrected chi connectivity index (χ4v) is 2.25. The number of anilines is 1. The van der Waals surface area contributed by atoms with Gasteiger partial charge in [0.15, 0.2) is 5.82 Å². The maximum absolute atomic E-state index is 11.8. The Morgan fingerprint density at radius 2 is 2.20 bits per heavy atom. The zero-order valence-corrected chi connectivity index (χ0v) is 13.2. The molecule has 2 N–H and O–H groups in total. The Balaban J connectivity index is 2.38.